The van der Waals surface area contributed by atoms with E-state index in [1.165, 1.54) is 19.1 Å². The first-order valence-electron chi connectivity index (χ1n) is 8.95. The summed E-state index contributed by atoms with van der Waals surface area (Å²) in [5, 5.41) is 2.81. The first-order valence-corrected chi connectivity index (χ1v) is 8.95. The van der Waals surface area contributed by atoms with Crippen LogP contribution in [0.3, 0.4) is 0 Å². The summed E-state index contributed by atoms with van der Waals surface area (Å²) in [5.74, 6) is -1.27. The largest absolute Gasteiger partial charge is 0.449 e. The molecule has 0 fully saturated rings. The van der Waals surface area contributed by atoms with E-state index in [2.05, 4.69) is 19.2 Å². The van der Waals surface area contributed by atoms with Gasteiger partial charge in [-0.3, -0.25) is 4.79 Å². The third kappa shape index (κ3) is 5.78. The van der Waals surface area contributed by atoms with Crippen molar-refractivity contribution in [3.63, 3.8) is 0 Å². The number of halogens is 1. The van der Waals surface area contributed by atoms with E-state index in [0.29, 0.717) is 11.6 Å². The Morgan fingerprint density at radius 1 is 1.11 bits per heavy atom. The van der Waals surface area contributed by atoms with Gasteiger partial charge in [0.25, 0.3) is 5.91 Å². The zero-order valence-corrected chi connectivity index (χ0v) is 15.7. The maximum atomic E-state index is 13.5. The predicted molar refractivity (Wildman–Crippen MR) is 105 cm³/mol. The van der Waals surface area contributed by atoms with Gasteiger partial charge >= 0.3 is 5.97 Å². The summed E-state index contributed by atoms with van der Waals surface area (Å²) in [4.78, 5) is 24.3. The summed E-state index contributed by atoms with van der Waals surface area (Å²) < 4.78 is 18.7. The van der Waals surface area contributed by atoms with Crippen molar-refractivity contribution in [1.29, 1.82) is 0 Å². The molecule has 4 nitrogen and oxygen atoms in total. The molecule has 0 aliphatic rings. The Balaban J connectivity index is 1.98. The number of anilines is 1. The normalized spacial score (nSPS) is 13.2. The van der Waals surface area contributed by atoms with Crippen LogP contribution in [0.4, 0.5) is 10.1 Å². The van der Waals surface area contributed by atoms with Crippen molar-refractivity contribution in [3.8, 4) is 0 Å². The second kappa shape index (κ2) is 9.67. The molecule has 1 N–H and O–H groups in total. The number of nitrogens with one attached hydrogen (secondary N) is 1. The second-order valence-electron chi connectivity index (χ2n) is 6.32. The summed E-state index contributed by atoms with van der Waals surface area (Å²) in [6.45, 7) is 5.66. The highest BCUT2D eigenvalue weighted by Gasteiger charge is 2.18. The van der Waals surface area contributed by atoms with Crippen molar-refractivity contribution in [2.45, 2.75) is 39.2 Å². The van der Waals surface area contributed by atoms with E-state index in [1.807, 2.05) is 24.3 Å². The number of esters is 1. The van der Waals surface area contributed by atoms with E-state index in [-0.39, 0.29) is 5.56 Å². The molecule has 2 atom stereocenters. The number of carbonyl (C=O) groups is 2. The Hall–Kier alpha value is -2.95. The van der Waals surface area contributed by atoms with Crippen LogP contribution in [0.25, 0.3) is 6.08 Å². The molecule has 0 bridgehead atoms. The summed E-state index contributed by atoms with van der Waals surface area (Å²) in [6.07, 6.45) is 2.39. The van der Waals surface area contributed by atoms with E-state index >= 15 is 0 Å². The molecule has 0 spiro atoms. The number of amides is 1. The fourth-order valence-electron chi connectivity index (χ4n) is 2.53. The van der Waals surface area contributed by atoms with Crippen LogP contribution in [0.15, 0.2) is 54.6 Å². The molecule has 2 aromatic rings. The average Bonchev–Trinajstić information content (AvgIpc) is 2.67. The highest BCUT2D eigenvalue weighted by atomic mass is 19.1. The fraction of sp³-hybridized carbons (Fsp3) is 0.273. The van der Waals surface area contributed by atoms with Crippen molar-refractivity contribution in [1.82, 2.24) is 0 Å². The van der Waals surface area contributed by atoms with Crippen LogP contribution in [-0.4, -0.2) is 18.0 Å². The molecule has 0 aliphatic carbocycles. The number of para-hydroxylation sites is 1. The highest BCUT2D eigenvalue weighted by Crippen LogP contribution is 2.26. The van der Waals surface area contributed by atoms with Gasteiger partial charge < -0.3 is 10.1 Å². The maximum absolute atomic E-state index is 13.5. The van der Waals surface area contributed by atoms with Crippen LogP contribution in [-0.2, 0) is 14.3 Å². The lowest BCUT2D eigenvalue weighted by Crippen LogP contribution is -2.29. The van der Waals surface area contributed by atoms with Crippen molar-refractivity contribution < 1.29 is 18.7 Å². The van der Waals surface area contributed by atoms with Crippen LogP contribution >= 0.6 is 0 Å². The number of hydrogen-bond donors (Lipinski definition) is 1. The van der Waals surface area contributed by atoms with Crippen molar-refractivity contribution in [3.05, 3.63) is 71.6 Å². The zero-order chi connectivity index (χ0) is 19.8. The Bertz CT molecular complexity index is 832. The molecular formula is C22H24FNO3. The first-order chi connectivity index (χ1) is 12.9. The Morgan fingerprint density at radius 2 is 1.78 bits per heavy atom. The van der Waals surface area contributed by atoms with E-state index in [9.17, 15) is 14.0 Å². The molecule has 0 saturated heterocycles. The van der Waals surface area contributed by atoms with Gasteiger partial charge in [0.1, 0.15) is 5.82 Å². The SMILES string of the molecule is CC[C@@H](C)c1ccccc1NC(=O)[C@@H](C)OC(=O)/C=C/c1ccccc1F. The van der Waals surface area contributed by atoms with Crippen LogP contribution in [0.1, 0.15) is 44.2 Å². The molecule has 0 aliphatic heterocycles. The lowest BCUT2D eigenvalue weighted by atomic mass is 9.97. The zero-order valence-electron chi connectivity index (χ0n) is 15.7. The smallest absolute Gasteiger partial charge is 0.331 e. The van der Waals surface area contributed by atoms with Gasteiger partial charge in [-0.05, 0) is 43.0 Å². The number of carbonyl (C=O) groups excluding carboxylic acids is 2. The maximum Gasteiger partial charge on any atom is 0.331 e. The van der Waals surface area contributed by atoms with E-state index in [1.54, 1.807) is 18.2 Å². The molecule has 0 heterocycles. The van der Waals surface area contributed by atoms with Gasteiger partial charge in [0, 0.05) is 17.3 Å². The lowest BCUT2D eigenvalue weighted by molar-refractivity contribution is -0.148. The molecule has 0 saturated carbocycles. The van der Waals surface area contributed by atoms with Crippen LogP contribution in [0, 0.1) is 5.82 Å². The minimum absolute atomic E-state index is 0.272. The molecule has 0 radical (unpaired) electrons. The van der Waals surface area contributed by atoms with Gasteiger partial charge in [0.15, 0.2) is 6.10 Å². The van der Waals surface area contributed by atoms with Crippen molar-refractivity contribution in [2.75, 3.05) is 5.32 Å². The summed E-state index contributed by atoms with van der Waals surface area (Å²) in [7, 11) is 0. The Kier molecular flexibility index (Phi) is 7.29. The number of benzene rings is 2. The van der Waals surface area contributed by atoms with Crippen molar-refractivity contribution >= 4 is 23.6 Å². The van der Waals surface area contributed by atoms with Gasteiger partial charge in [-0.2, -0.15) is 0 Å². The van der Waals surface area contributed by atoms with Crippen LogP contribution in [0.5, 0.6) is 0 Å². The Labute approximate surface area is 159 Å². The Morgan fingerprint density at radius 3 is 2.48 bits per heavy atom. The molecule has 1 amide bonds. The second-order valence-corrected chi connectivity index (χ2v) is 6.32. The highest BCUT2D eigenvalue weighted by molar-refractivity contribution is 5.97. The third-order valence-electron chi connectivity index (χ3n) is 4.33. The van der Waals surface area contributed by atoms with E-state index < -0.39 is 23.8 Å². The standard InChI is InChI=1S/C22H24FNO3/c1-4-15(2)18-10-6-8-12-20(18)24-22(26)16(3)27-21(25)14-13-17-9-5-7-11-19(17)23/h5-16H,4H2,1-3H3,(H,24,26)/b14-13+/t15-,16-/m1/s1. The molecule has 2 rings (SSSR count). The minimum Gasteiger partial charge on any atom is -0.449 e. The monoisotopic (exact) mass is 369 g/mol. The molecule has 27 heavy (non-hydrogen) atoms. The molecular weight excluding hydrogens is 345 g/mol. The predicted octanol–water partition coefficient (Wildman–Crippen LogP) is 4.92. The number of rotatable bonds is 7. The van der Waals surface area contributed by atoms with E-state index in [4.69, 9.17) is 4.74 Å². The number of hydrogen-bond acceptors (Lipinski definition) is 3. The van der Waals surface area contributed by atoms with E-state index in [0.717, 1.165) is 18.1 Å². The summed E-state index contributed by atoms with van der Waals surface area (Å²) >= 11 is 0. The molecule has 2 aromatic carbocycles. The van der Waals surface area contributed by atoms with Gasteiger partial charge in [-0.25, -0.2) is 9.18 Å². The molecule has 142 valence electrons. The number of ether oxygens (including phenoxy) is 1. The van der Waals surface area contributed by atoms with Gasteiger partial charge in [-0.15, -0.1) is 0 Å². The summed E-state index contributed by atoms with van der Waals surface area (Å²) in [5.41, 5.74) is 2.02. The van der Waals surface area contributed by atoms with Gasteiger partial charge in [-0.1, -0.05) is 50.2 Å². The molecule has 5 heteroatoms. The molecule has 0 unspecified atom stereocenters. The lowest BCUT2D eigenvalue weighted by Gasteiger charge is -2.17. The average molecular weight is 369 g/mol. The summed E-state index contributed by atoms with van der Waals surface area (Å²) in [6, 6.07) is 13.6. The fourth-order valence-corrected chi connectivity index (χ4v) is 2.53. The minimum atomic E-state index is -0.979. The van der Waals surface area contributed by atoms with Crippen LogP contribution < -0.4 is 5.32 Å². The van der Waals surface area contributed by atoms with Gasteiger partial charge in [0.05, 0.1) is 0 Å². The van der Waals surface area contributed by atoms with Crippen molar-refractivity contribution in [2.24, 2.45) is 0 Å². The first kappa shape index (κ1) is 20.4. The molecule has 0 aromatic heterocycles. The topological polar surface area (TPSA) is 55.4 Å². The third-order valence-corrected chi connectivity index (χ3v) is 4.33. The van der Waals surface area contributed by atoms with Crippen LogP contribution in [0.2, 0.25) is 0 Å². The van der Waals surface area contributed by atoms with Gasteiger partial charge in [0.2, 0.25) is 0 Å². The quantitative estimate of drug-likeness (QED) is 0.556.